The van der Waals surface area contributed by atoms with Gasteiger partial charge in [-0.25, -0.2) is 4.79 Å². The topological polar surface area (TPSA) is 60.3 Å². The highest BCUT2D eigenvalue weighted by Gasteiger charge is 2.43. The maximum Gasteiger partial charge on any atom is 0.338 e. The van der Waals surface area contributed by atoms with E-state index in [0.29, 0.717) is 17.4 Å². The molecule has 106 valence electrons. The van der Waals surface area contributed by atoms with Gasteiger partial charge in [0.25, 0.3) is 0 Å². The van der Waals surface area contributed by atoms with Crippen molar-refractivity contribution in [3.8, 4) is 11.8 Å². The molecule has 0 amide bonds. The van der Waals surface area contributed by atoms with Crippen molar-refractivity contribution < 1.29 is 9.52 Å². The Kier molecular flexibility index (Phi) is 1.93. The first-order valence-corrected chi connectivity index (χ1v) is 7.29. The zero-order valence-corrected chi connectivity index (χ0v) is 11.3. The molecule has 1 N–H and O–H groups in total. The lowest BCUT2D eigenvalue weighted by atomic mass is 10.1. The van der Waals surface area contributed by atoms with Crippen molar-refractivity contribution >= 4 is 11.0 Å². The van der Waals surface area contributed by atoms with Gasteiger partial charge < -0.3 is 9.52 Å². The smallest absolute Gasteiger partial charge is 0.338 e. The Morgan fingerprint density at radius 3 is 2.90 bits per heavy atom. The average Bonchev–Trinajstić information content (AvgIpc) is 3.21. The highest BCUT2D eigenvalue weighted by molar-refractivity contribution is 5.79. The lowest BCUT2D eigenvalue weighted by Gasteiger charge is -2.11. The Bertz CT molecular complexity index is 898. The van der Waals surface area contributed by atoms with Crippen LogP contribution >= 0.6 is 0 Å². The number of furan rings is 1. The summed E-state index contributed by atoms with van der Waals surface area (Å²) in [5.41, 5.74) is 1.32. The molecule has 1 aliphatic heterocycles. The van der Waals surface area contributed by atoms with Crippen molar-refractivity contribution in [2.75, 3.05) is 0 Å². The van der Waals surface area contributed by atoms with E-state index in [4.69, 9.17) is 4.42 Å². The molecule has 2 aromatic heterocycles. The normalized spacial score (nSPS) is 23.0. The summed E-state index contributed by atoms with van der Waals surface area (Å²) in [5, 5.41) is 11.4. The van der Waals surface area contributed by atoms with Crippen LogP contribution in [0.25, 0.3) is 16.9 Å². The van der Waals surface area contributed by atoms with Crippen LogP contribution in [-0.4, -0.2) is 14.2 Å². The highest BCUT2D eigenvalue weighted by atomic mass is 16.4. The number of fused-ring (bicyclic) bond motifs is 6. The number of aromatic nitrogens is 2. The van der Waals surface area contributed by atoms with E-state index in [1.165, 1.54) is 4.57 Å². The Hall–Kier alpha value is -2.43. The van der Waals surface area contributed by atoms with Gasteiger partial charge in [-0.3, -0.25) is 4.57 Å². The number of hydrogen-bond donors (Lipinski definition) is 1. The van der Waals surface area contributed by atoms with Crippen molar-refractivity contribution in [3.05, 3.63) is 46.5 Å². The average molecular weight is 282 g/mol. The van der Waals surface area contributed by atoms with Crippen LogP contribution in [-0.2, 0) is 0 Å². The zero-order valence-electron chi connectivity index (χ0n) is 11.3. The van der Waals surface area contributed by atoms with Gasteiger partial charge in [-0.15, -0.1) is 0 Å². The van der Waals surface area contributed by atoms with E-state index < -0.39 is 0 Å². The molecule has 3 heterocycles. The number of aromatic hydroxyl groups is 1. The molecule has 0 spiro atoms. The molecule has 0 unspecified atom stereocenters. The first-order valence-electron chi connectivity index (χ1n) is 7.29. The Morgan fingerprint density at radius 2 is 2.10 bits per heavy atom. The van der Waals surface area contributed by atoms with E-state index in [1.54, 1.807) is 10.6 Å². The fourth-order valence-electron chi connectivity index (χ4n) is 3.97. The number of rotatable bonds is 1. The van der Waals surface area contributed by atoms with Gasteiger partial charge in [-0.1, -0.05) is 18.2 Å². The molecule has 5 nitrogen and oxygen atoms in total. The molecule has 2 atom stereocenters. The minimum atomic E-state index is -0.186. The highest BCUT2D eigenvalue weighted by Crippen LogP contribution is 2.51. The quantitative estimate of drug-likeness (QED) is 0.746. The van der Waals surface area contributed by atoms with Gasteiger partial charge in [-0.05, 0) is 25.3 Å². The van der Waals surface area contributed by atoms with Crippen LogP contribution < -0.4 is 5.69 Å². The fourth-order valence-corrected chi connectivity index (χ4v) is 3.97. The Balaban J connectivity index is 1.79. The second kappa shape index (κ2) is 3.61. The van der Waals surface area contributed by atoms with Crippen LogP contribution in [0.2, 0.25) is 0 Å². The molecule has 3 aromatic rings. The van der Waals surface area contributed by atoms with E-state index in [0.717, 1.165) is 30.3 Å². The zero-order chi connectivity index (χ0) is 14.1. The van der Waals surface area contributed by atoms with Crippen LogP contribution in [0.1, 0.15) is 36.9 Å². The van der Waals surface area contributed by atoms with Crippen LogP contribution in [0.5, 0.6) is 5.88 Å². The summed E-state index contributed by atoms with van der Waals surface area (Å²) in [6.07, 6.45) is 3.07. The molecule has 2 bridgehead atoms. The van der Waals surface area contributed by atoms with Gasteiger partial charge in [-0.2, -0.15) is 4.57 Å². The molecule has 1 fully saturated rings. The van der Waals surface area contributed by atoms with Gasteiger partial charge in [0, 0.05) is 23.4 Å². The third-order valence-corrected chi connectivity index (χ3v) is 4.89. The third kappa shape index (κ3) is 1.29. The molecule has 5 rings (SSSR count). The van der Waals surface area contributed by atoms with Crippen LogP contribution in [0.3, 0.4) is 0 Å². The Labute approximate surface area is 120 Å². The van der Waals surface area contributed by atoms with Gasteiger partial charge in [0.1, 0.15) is 5.58 Å². The number of imidazole rings is 1. The standard InChI is InChI=1S/C16H14N2O3/c19-15-14-10-5-6-11(7-10)17(14)16(20)18(15)13-8-9-3-1-2-4-12(9)21-13/h1-4,8,10-11,19H,5-7H2/t10-,11+/m1/s1. The predicted molar refractivity (Wildman–Crippen MR) is 77.1 cm³/mol. The summed E-state index contributed by atoms with van der Waals surface area (Å²) >= 11 is 0. The number of para-hydroxylation sites is 1. The lowest BCUT2D eigenvalue weighted by molar-refractivity contribution is 0.416. The fraction of sp³-hybridized carbons (Fsp3) is 0.312. The van der Waals surface area contributed by atoms with Crippen LogP contribution in [0, 0.1) is 0 Å². The molecule has 1 saturated carbocycles. The first kappa shape index (κ1) is 11.3. The van der Waals surface area contributed by atoms with E-state index >= 15 is 0 Å². The maximum absolute atomic E-state index is 12.7. The predicted octanol–water partition coefficient (Wildman–Crippen LogP) is 2.91. The minimum absolute atomic E-state index is 0.0475. The molecule has 5 heteroatoms. The van der Waals surface area contributed by atoms with Crippen molar-refractivity contribution in [2.45, 2.75) is 31.2 Å². The van der Waals surface area contributed by atoms with E-state index in [9.17, 15) is 9.90 Å². The largest absolute Gasteiger partial charge is 0.493 e. The summed E-state index contributed by atoms with van der Waals surface area (Å²) in [5.74, 6) is 0.750. The van der Waals surface area contributed by atoms with Gasteiger partial charge in [0.15, 0.2) is 0 Å². The summed E-state index contributed by atoms with van der Waals surface area (Å²) in [4.78, 5) is 12.7. The molecule has 0 radical (unpaired) electrons. The minimum Gasteiger partial charge on any atom is -0.493 e. The number of hydrogen-bond acceptors (Lipinski definition) is 3. The molecule has 1 aliphatic carbocycles. The van der Waals surface area contributed by atoms with Gasteiger partial charge >= 0.3 is 5.69 Å². The molecular formula is C16H14N2O3. The van der Waals surface area contributed by atoms with E-state index in [-0.39, 0.29) is 17.6 Å². The van der Waals surface area contributed by atoms with Crippen LogP contribution in [0.15, 0.2) is 39.5 Å². The van der Waals surface area contributed by atoms with Crippen molar-refractivity contribution in [3.63, 3.8) is 0 Å². The maximum atomic E-state index is 12.7. The summed E-state index contributed by atoms with van der Waals surface area (Å²) < 4.78 is 8.80. The lowest BCUT2D eigenvalue weighted by Crippen LogP contribution is -2.25. The summed E-state index contributed by atoms with van der Waals surface area (Å²) in [7, 11) is 0. The van der Waals surface area contributed by atoms with Crippen LogP contribution in [0.4, 0.5) is 0 Å². The SMILES string of the molecule is O=c1n(-c2cc3ccccc3o2)c(O)c2n1[C@H]1CC[C@@H]2C1. The summed E-state index contributed by atoms with van der Waals surface area (Å²) in [6, 6.07) is 9.64. The third-order valence-electron chi connectivity index (χ3n) is 4.89. The van der Waals surface area contributed by atoms with Gasteiger partial charge in [0.2, 0.25) is 11.8 Å². The van der Waals surface area contributed by atoms with Crippen molar-refractivity contribution in [1.29, 1.82) is 0 Å². The van der Waals surface area contributed by atoms with Gasteiger partial charge in [0.05, 0.1) is 5.69 Å². The Morgan fingerprint density at radius 1 is 1.24 bits per heavy atom. The van der Waals surface area contributed by atoms with E-state index in [1.807, 2.05) is 24.3 Å². The molecular weight excluding hydrogens is 268 g/mol. The number of nitrogens with zero attached hydrogens (tertiary/aromatic N) is 2. The second-order valence-corrected chi connectivity index (χ2v) is 5.98. The van der Waals surface area contributed by atoms with E-state index in [2.05, 4.69) is 0 Å². The monoisotopic (exact) mass is 282 g/mol. The molecule has 21 heavy (non-hydrogen) atoms. The molecule has 2 aliphatic rings. The molecule has 0 saturated heterocycles. The van der Waals surface area contributed by atoms with Crippen molar-refractivity contribution in [2.24, 2.45) is 0 Å². The second-order valence-electron chi connectivity index (χ2n) is 5.98. The number of benzene rings is 1. The molecule has 1 aromatic carbocycles. The first-order chi connectivity index (χ1) is 10.2. The summed E-state index contributed by atoms with van der Waals surface area (Å²) in [6.45, 7) is 0. The van der Waals surface area contributed by atoms with Crippen molar-refractivity contribution in [1.82, 2.24) is 9.13 Å².